The average Bonchev–Trinajstić information content (AvgIpc) is 2.36. The molecule has 19 heavy (non-hydrogen) atoms. The van der Waals surface area contributed by atoms with E-state index < -0.39 is 28.8 Å². The lowest BCUT2D eigenvalue weighted by atomic mass is 9.98. The van der Waals surface area contributed by atoms with E-state index in [0.717, 1.165) is 18.6 Å². The summed E-state index contributed by atoms with van der Waals surface area (Å²) in [7, 11) is 1.61. The molecule has 1 rings (SSSR count). The van der Waals surface area contributed by atoms with Crippen LogP contribution in [-0.2, 0) is 0 Å². The van der Waals surface area contributed by atoms with Gasteiger partial charge in [-0.1, -0.05) is 6.92 Å². The van der Waals surface area contributed by atoms with Crippen LogP contribution in [0.15, 0.2) is 12.1 Å². The molecule has 0 atom stereocenters. The quantitative estimate of drug-likeness (QED) is 0.653. The van der Waals surface area contributed by atoms with Crippen molar-refractivity contribution in [3.8, 4) is 0 Å². The van der Waals surface area contributed by atoms with Gasteiger partial charge in [0.1, 0.15) is 5.69 Å². The van der Waals surface area contributed by atoms with E-state index in [1.807, 2.05) is 26.2 Å². The van der Waals surface area contributed by atoms with Crippen molar-refractivity contribution < 1.29 is 13.6 Å². The van der Waals surface area contributed by atoms with Gasteiger partial charge < -0.3 is 10.3 Å². The van der Waals surface area contributed by atoms with Gasteiger partial charge >= 0.3 is 0 Å². The van der Waals surface area contributed by atoms with Crippen LogP contribution in [0, 0.1) is 11.6 Å². The molecule has 1 aromatic carbocycles. The van der Waals surface area contributed by atoms with Crippen LogP contribution in [-0.4, -0.2) is 23.4 Å². The summed E-state index contributed by atoms with van der Waals surface area (Å²) in [5.41, 5.74) is 1.04. The summed E-state index contributed by atoms with van der Waals surface area (Å²) in [5.74, 6) is 2.78. The molecule has 0 bridgehead atoms. The fourth-order valence-electron chi connectivity index (χ4n) is 1.54. The molecule has 0 radical (unpaired) electrons. The lowest BCUT2D eigenvalue weighted by molar-refractivity contribution is 0.0619. The van der Waals surface area contributed by atoms with Gasteiger partial charge in [0.25, 0.3) is 5.91 Å². The van der Waals surface area contributed by atoms with E-state index in [1.54, 1.807) is 7.05 Å². The summed E-state index contributed by atoms with van der Waals surface area (Å²) in [5, 5.41) is 0. The van der Waals surface area contributed by atoms with Crippen LogP contribution in [0.25, 0.3) is 0 Å². The van der Waals surface area contributed by atoms with Crippen LogP contribution in [0.3, 0.4) is 0 Å². The molecule has 0 heterocycles. The number of carbonyl (C=O) groups excluding carboxylic acids is 1. The molecule has 1 amide bonds. The van der Waals surface area contributed by atoms with Crippen molar-refractivity contribution in [2.75, 3.05) is 12.5 Å². The molecule has 106 valence electrons. The summed E-state index contributed by atoms with van der Waals surface area (Å²) in [4.78, 5) is 13.7. The van der Waals surface area contributed by atoms with Crippen LogP contribution in [0.2, 0.25) is 0 Å². The van der Waals surface area contributed by atoms with Crippen molar-refractivity contribution in [1.29, 1.82) is 0 Å². The molecule has 4 nitrogen and oxygen atoms in total. The highest BCUT2D eigenvalue weighted by atomic mass is 19.1. The van der Waals surface area contributed by atoms with Crippen LogP contribution < -0.4 is 11.3 Å². The molecule has 6 heteroatoms. The first-order valence-corrected chi connectivity index (χ1v) is 5.98. The predicted molar refractivity (Wildman–Crippen MR) is 70.6 cm³/mol. The fourth-order valence-corrected chi connectivity index (χ4v) is 1.54. The lowest BCUT2D eigenvalue weighted by Crippen LogP contribution is -2.44. The third kappa shape index (κ3) is 3.01. The van der Waals surface area contributed by atoms with Gasteiger partial charge in [0.15, 0.2) is 11.6 Å². The van der Waals surface area contributed by atoms with Crippen molar-refractivity contribution in [1.82, 2.24) is 4.90 Å². The molecule has 0 aliphatic rings. The zero-order valence-corrected chi connectivity index (χ0v) is 11.6. The van der Waals surface area contributed by atoms with E-state index in [0.29, 0.717) is 0 Å². The number of benzene rings is 1. The van der Waals surface area contributed by atoms with Crippen molar-refractivity contribution >= 4 is 11.6 Å². The molecule has 0 aliphatic heterocycles. The number of nitrogens with two attached hydrogens (primary N) is 1. The maximum Gasteiger partial charge on any atom is 0.254 e. The number of hydrogen-bond acceptors (Lipinski definition) is 3. The van der Waals surface area contributed by atoms with E-state index in [2.05, 4.69) is 0 Å². The van der Waals surface area contributed by atoms with Crippen LogP contribution >= 0.6 is 0 Å². The zero-order chi connectivity index (χ0) is 14.8. The number of nitrogens with one attached hydrogen (secondary N) is 1. The second-order valence-electron chi connectivity index (χ2n) is 4.99. The Morgan fingerprint density at radius 2 is 1.84 bits per heavy atom. The molecule has 3 N–H and O–H groups in total. The zero-order valence-electron chi connectivity index (χ0n) is 11.6. The molecule has 0 aliphatic carbocycles. The molecular formula is C13H19F2N3O. The van der Waals surface area contributed by atoms with E-state index >= 15 is 0 Å². The first kappa shape index (κ1) is 15.4. The molecule has 0 saturated heterocycles. The van der Waals surface area contributed by atoms with Gasteiger partial charge in [-0.05, 0) is 32.4 Å². The van der Waals surface area contributed by atoms with Crippen LogP contribution in [0.1, 0.15) is 37.6 Å². The highest BCUT2D eigenvalue weighted by Crippen LogP contribution is 2.23. The average molecular weight is 271 g/mol. The second kappa shape index (κ2) is 5.52. The highest BCUT2D eigenvalue weighted by molar-refractivity contribution is 5.95. The molecule has 0 spiro atoms. The third-order valence-electron chi connectivity index (χ3n) is 3.51. The Morgan fingerprint density at radius 3 is 2.21 bits per heavy atom. The van der Waals surface area contributed by atoms with Crippen molar-refractivity contribution in [3.63, 3.8) is 0 Å². The molecule has 0 unspecified atom stereocenters. The lowest BCUT2D eigenvalue weighted by Gasteiger charge is -2.35. The first-order chi connectivity index (χ1) is 8.74. The predicted octanol–water partition coefficient (Wildman–Crippen LogP) is 2.51. The van der Waals surface area contributed by atoms with E-state index in [4.69, 9.17) is 5.84 Å². The molecule has 0 aromatic heterocycles. The van der Waals surface area contributed by atoms with Gasteiger partial charge in [-0.2, -0.15) is 0 Å². The minimum atomic E-state index is -0.895. The smallest absolute Gasteiger partial charge is 0.254 e. The maximum absolute atomic E-state index is 13.6. The normalized spacial score (nSPS) is 11.3. The SMILES string of the molecule is CCC(C)(C)N(C)C(=O)c1cc(F)c(NN)c(F)c1. The Kier molecular flexibility index (Phi) is 4.47. The van der Waals surface area contributed by atoms with Crippen molar-refractivity contribution in [3.05, 3.63) is 29.3 Å². The highest BCUT2D eigenvalue weighted by Gasteiger charge is 2.27. The van der Waals surface area contributed by atoms with Crippen molar-refractivity contribution in [2.24, 2.45) is 5.84 Å². The van der Waals surface area contributed by atoms with Gasteiger partial charge in [-0.3, -0.25) is 10.6 Å². The van der Waals surface area contributed by atoms with Gasteiger partial charge in [0.2, 0.25) is 0 Å². The van der Waals surface area contributed by atoms with E-state index in [9.17, 15) is 13.6 Å². The monoisotopic (exact) mass is 271 g/mol. The van der Waals surface area contributed by atoms with Gasteiger partial charge in [0.05, 0.1) is 0 Å². The number of anilines is 1. The Bertz CT molecular complexity index is 466. The summed E-state index contributed by atoms with van der Waals surface area (Å²) >= 11 is 0. The molecule has 1 aromatic rings. The topological polar surface area (TPSA) is 58.4 Å². The largest absolute Gasteiger partial charge is 0.337 e. The Morgan fingerprint density at radius 1 is 1.37 bits per heavy atom. The molecular weight excluding hydrogens is 252 g/mol. The summed E-state index contributed by atoms with van der Waals surface area (Å²) < 4.78 is 27.1. The Balaban J connectivity index is 3.15. The number of nitrogen functional groups attached to an aromatic ring is 1. The Hall–Kier alpha value is -1.69. The second-order valence-corrected chi connectivity index (χ2v) is 4.99. The van der Waals surface area contributed by atoms with Gasteiger partial charge in [-0.25, -0.2) is 8.78 Å². The Labute approximate surface area is 111 Å². The summed E-state index contributed by atoms with van der Waals surface area (Å²) in [6.45, 7) is 5.70. The minimum absolute atomic E-state index is 0.0435. The third-order valence-corrected chi connectivity index (χ3v) is 3.51. The maximum atomic E-state index is 13.6. The minimum Gasteiger partial charge on any atom is -0.337 e. The number of nitrogens with zero attached hydrogens (tertiary/aromatic N) is 1. The number of hydrogen-bond donors (Lipinski definition) is 2. The summed E-state index contributed by atoms with van der Waals surface area (Å²) in [6.07, 6.45) is 0.725. The van der Waals surface area contributed by atoms with Crippen molar-refractivity contribution in [2.45, 2.75) is 32.7 Å². The van der Waals surface area contributed by atoms with Crippen LogP contribution in [0.4, 0.5) is 14.5 Å². The standard InChI is InChI=1S/C13H19F2N3O/c1-5-13(2,3)18(4)12(19)8-6-9(14)11(17-16)10(15)7-8/h6-7,17H,5,16H2,1-4H3. The first-order valence-electron chi connectivity index (χ1n) is 5.98. The molecule has 0 fully saturated rings. The van der Waals surface area contributed by atoms with Crippen LogP contribution in [0.5, 0.6) is 0 Å². The fraction of sp³-hybridized carbons (Fsp3) is 0.462. The van der Waals surface area contributed by atoms with E-state index in [-0.39, 0.29) is 5.56 Å². The number of carbonyl (C=O) groups is 1. The number of rotatable bonds is 4. The molecule has 0 saturated carbocycles. The van der Waals surface area contributed by atoms with Gasteiger partial charge in [0, 0.05) is 18.2 Å². The summed E-state index contributed by atoms with van der Waals surface area (Å²) in [6, 6.07) is 1.95. The number of halogens is 2. The number of amides is 1. The van der Waals surface area contributed by atoms with Gasteiger partial charge in [-0.15, -0.1) is 0 Å². The number of hydrazine groups is 1. The van der Waals surface area contributed by atoms with E-state index in [1.165, 1.54) is 4.90 Å².